The van der Waals surface area contributed by atoms with Crippen LogP contribution in [-0.4, -0.2) is 33.9 Å². The molecule has 3 aromatic rings. The second kappa shape index (κ2) is 6.60. The van der Waals surface area contributed by atoms with Gasteiger partial charge in [-0.05, 0) is 31.0 Å². The van der Waals surface area contributed by atoms with Crippen molar-refractivity contribution in [3.63, 3.8) is 0 Å². The van der Waals surface area contributed by atoms with Crippen molar-refractivity contribution in [2.24, 2.45) is 0 Å². The molecule has 4 rings (SSSR count). The van der Waals surface area contributed by atoms with Crippen LogP contribution in [-0.2, 0) is 0 Å². The number of nitro groups is 1. The summed E-state index contributed by atoms with van der Waals surface area (Å²) in [4.78, 5) is 42.2. The molecule has 0 radical (unpaired) electrons. The summed E-state index contributed by atoms with van der Waals surface area (Å²) < 4.78 is 0. The molecule has 0 atom stereocenters. The molecule has 0 aliphatic carbocycles. The van der Waals surface area contributed by atoms with Crippen LogP contribution in [0.25, 0.3) is 11.0 Å². The number of anilines is 2. The molecule has 0 saturated carbocycles. The van der Waals surface area contributed by atoms with Crippen LogP contribution < -0.4 is 15.9 Å². The number of aromatic nitrogens is 2. The number of carbonyl (C=O) groups is 1. The van der Waals surface area contributed by atoms with E-state index in [1.807, 2.05) is 6.07 Å². The summed E-state index contributed by atoms with van der Waals surface area (Å²) in [6, 6.07) is 9.11. The molecule has 1 saturated heterocycles. The predicted molar refractivity (Wildman–Crippen MR) is 101 cm³/mol. The molecular formula is C18H17N5O4. The molecule has 1 amide bonds. The van der Waals surface area contributed by atoms with Crippen molar-refractivity contribution in [3.8, 4) is 0 Å². The van der Waals surface area contributed by atoms with Gasteiger partial charge in [0.25, 0.3) is 11.6 Å². The molecule has 1 aliphatic heterocycles. The molecule has 0 bridgehead atoms. The standard InChI is InChI=1S/C18H17N5O4/c24-17(11-4-3-5-12(8-11)23(26)27)19-15-9-13-14(21-18(25)20-13)10-16(15)22-6-1-2-7-22/h3-5,8-10H,1-2,6-7H2,(H,19,24)(H2,20,21,25). The number of fused-ring (bicyclic) bond motifs is 1. The number of H-pyrrole nitrogens is 2. The van der Waals surface area contributed by atoms with E-state index in [4.69, 9.17) is 0 Å². The van der Waals surface area contributed by atoms with E-state index in [-0.39, 0.29) is 16.9 Å². The monoisotopic (exact) mass is 367 g/mol. The Balaban J connectivity index is 1.72. The van der Waals surface area contributed by atoms with E-state index in [0.29, 0.717) is 16.7 Å². The van der Waals surface area contributed by atoms with Gasteiger partial charge in [0.05, 0.1) is 27.3 Å². The van der Waals surface area contributed by atoms with E-state index in [2.05, 4.69) is 20.2 Å². The van der Waals surface area contributed by atoms with Gasteiger partial charge < -0.3 is 20.2 Å². The third kappa shape index (κ3) is 3.26. The SMILES string of the molecule is O=C(Nc1cc2[nH]c(=O)[nH]c2cc1N1CCCC1)c1cccc([N+](=O)[O-])c1. The van der Waals surface area contributed by atoms with Crippen molar-refractivity contribution < 1.29 is 9.72 Å². The molecule has 1 aromatic heterocycles. The van der Waals surface area contributed by atoms with E-state index < -0.39 is 10.8 Å². The van der Waals surface area contributed by atoms with Gasteiger partial charge in [0.2, 0.25) is 0 Å². The zero-order chi connectivity index (χ0) is 19.0. The summed E-state index contributed by atoms with van der Waals surface area (Å²) in [6.45, 7) is 1.72. The van der Waals surface area contributed by atoms with E-state index in [9.17, 15) is 19.7 Å². The van der Waals surface area contributed by atoms with Gasteiger partial charge in [0.1, 0.15) is 0 Å². The Labute approximate surface area is 153 Å². The van der Waals surface area contributed by atoms with Crippen molar-refractivity contribution in [2.45, 2.75) is 12.8 Å². The molecule has 1 aliphatic rings. The van der Waals surface area contributed by atoms with Crippen LogP contribution in [0.2, 0.25) is 0 Å². The van der Waals surface area contributed by atoms with E-state index in [1.54, 1.807) is 6.07 Å². The second-order valence-electron chi connectivity index (χ2n) is 6.45. The summed E-state index contributed by atoms with van der Waals surface area (Å²) in [6.07, 6.45) is 2.11. The summed E-state index contributed by atoms with van der Waals surface area (Å²) in [7, 11) is 0. The van der Waals surface area contributed by atoms with Gasteiger partial charge in [-0.1, -0.05) is 6.07 Å². The minimum absolute atomic E-state index is 0.146. The second-order valence-corrected chi connectivity index (χ2v) is 6.45. The van der Waals surface area contributed by atoms with Crippen LogP contribution in [0.5, 0.6) is 0 Å². The first-order valence-electron chi connectivity index (χ1n) is 8.58. The van der Waals surface area contributed by atoms with E-state index in [1.165, 1.54) is 24.3 Å². The lowest BCUT2D eigenvalue weighted by molar-refractivity contribution is -0.384. The van der Waals surface area contributed by atoms with Gasteiger partial charge in [-0.25, -0.2) is 4.79 Å². The highest BCUT2D eigenvalue weighted by Crippen LogP contribution is 2.32. The Bertz CT molecular complexity index is 1090. The molecule has 27 heavy (non-hydrogen) atoms. The minimum Gasteiger partial charge on any atom is -0.370 e. The van der Waals surface area contributed by atoms with Crippen LogP contribution in [0, 0.1) is 10.1 Å². The largest absolute Gasteiger partial charge is 0.370 e. The van der Waals surface area contributed by atoms with Gasteiger partial charge in [0.15, 0.2) is 0 Å². The van der Waals surface area contributed by atoms with Crippen molar-refractivity contribution >= 4 is 34.0 Å². The average Bonchev–Trinajstić information content (AvgIpc) is 3.29. The Kier molecular flexibility index (Phi) is 4.11. The average molecular weight is 367 g/mol. The number of hydrogen-bond donors (Lipinski definition) is 3. The molecule has 0 spiro atoms. The van der Waals surface area contributed by atoms with Crippen LogP contribution in [0.3, 0.4) is 0 Å². The Morgan fingerprint density at radius 3 is 2.52 bits per heavy atom. The highest BCUT2D eigenvalue weighted by Gasteiger charge is 2.20. The number of nitro benzene ring substituents is 1. The normalized spacial score (nSPS) is 13.9. The van der Waals surface area contributed by atoms with E-state index >= 15 is 0 Å². The third-order valence-electron chi connectivity index (χ3n) is 4.65. The van der Waals surface area contributed by atoms with Gasteiger partial charge in [-0.2, -0.15) is 0 Å². The zero-order valence-electron chi connectivity index (χ0n) is 14.3. The smallest absolute Gasteiger partial charge is 0.323 e. The number of aromatic amines is 2. The minimum atomic E-state index is -0.539. The molecule has 138 valence electrons. The third-order valence-corrected chi connectivity index (χ3v) is 4.65. The number of benzene rings is 2. The highest BCUT2D eigenvalue weighted by molar-refractivity contribution is 6.07. The van der Waals surface area contributed by atoms with Gasteiger partial charge in [0, 0.05) is 30.8 Å². The van der Waals surface area contributed by atoms with Gasteiger partial charge in [-0.3, -0.25) is 14.9 Å². The summed E-state index contributed by atoms with van der Waals surface area (Å²) in [5.41, 5.74) is 2.34. The maximum absolute atomic E-state index is 12.7. The highest BCUT2D eigenvalue weighted by atomic mass is 16.6. The molecule has 9 nitrogen and oxygen atoms in total. The van der Waals surface area contributed by atoms with Crippen LogP contribution in [0.15, 0.2) is 41.2 Å². The number of amides is 1. The predicted octanol–water partition coefficient (Wildman–Crippen LogP) is 2.62. The van der Waals surface area contributed by atoms with Crippen molar-refractivity contribution in [1.82, 2.24) is 9.97 Å². The maximum atomic E-state index is 12.7. The fourth-order valence-corrected chi connectivity index (χ4v) is 3.35. The van der Waals surface area contributed by atoms with Crippen molar-refractivity contribution in [2.75, 3.05) is 23.3 Å². The number of nitrogens with zero attached hydrogens (tertiary/aromatic N) is 2. The lowest BCUT2D eigenvalue weighted by atomic mass is 10.1. The molecule has 0 unspecified atom stereocenters. The Hall–Kier alpha value is -3.62. The molecule has 3 N–H and O–H groups in total. The van der Waals surface area contributed by atoms with E-state index in [0.717, 1.165) is 31.6 Å². The zero-order valence-corrected chi connectivity index (χ0v) is 14.3. The fourth-order valence-electron chi connectivity index (χ4n) is 3.35. The van der Waals surface area contributed by atoms with Crippen LogP contribution >= 0.6 is 0 Å². The number of nitrogens with one attached hydrogen (secondary N) is 3. The summed E-state index contributed by atoms with van der Waals surface area (Å²) >= 11 is 0. The van der Waals surface area contributed by atoms with Crippen LogP contribution in [0.4, 0.5) is 17.1 Å². The number of carbonyl (C=O) groups excluding carboxylic acids is 1. The first kappa shape index (κ1) is 16.8. The lowest BCUT2D eigenvalue weighted by Gasteiger charge is -2.21. The number of rotatable bonds is 4. The number of hydrogen-bond acceptors (Lipinski definition) is 5. The fraction of sp³-hybridized carbons (Fsp3) is 0.222. The van der Waals surface area contributed by atoms with Crippen LogP contribution in [0.1, 0.15) is 23.2 Å². The number of non-ortho nitro benzene ring substituents is 1. The summed E-state index contributed by atoms with van der Waals surface area (Å²) in [5.74, 6) is -0.448. The lowest BCUT2D eigenvalue weighted by Crippen LogP contribution is -2.21. The quantitative estimate of drug-likeness (QED) is 0.483. The first-order chi connectivity index (χ1) is 13.0. The topological polar surface area (TPSA) is 124 Å². The Morgan fingerprint density at radius 2 is 1.81 bits per heavy atom. The molecule has 9 heteroatoms. The molecule has 1 fully saturated rings. The number of imidazole rings is 1. The molecular weight excluding hydrogens is 350 g/mol. The Morgan fingerprint density at radius 1 is 1.11 bits per heavy atom. The van der Waals surface area contributed by atoms with Gasteiger partial charge in [-0.15, -0.1) is 0 Å². The summed E-state index contributed by atoms with van der Waals surface area (Å²) in [5, 5.41) is 13.8. The first-order valence-corrected chi connectivity index (χ1v) is 8.58. The van der Waals surface area contributed by atoms with Crippen molar-refractivity contribution in [3.05, 3.63) is 62.6 Å². The van der Waals surface area contributed by atoms with Gasteiger partial charge >= 0.3 is 5.69 Å². The van der Waals surface area contributed by atoms with Crippen molar-refractivity contribution in [1.29, 1.82) is 0 Å². The molecule has 2 heterocycles. The maximum Gasteiger partial charge on any atom is 0.323 e. The molecule has 2 aromatic carbocycles.